The van der Waals surface area contributed by atoms with Gasteiger partial charge in [-0.2, -0.15) is 10.4 Å². The number of carbonyl (C=O) groups excluding carboxylic acids is 1. The van der Waals surface area contributed by atoms with Crippen LogP contribution >= 0.6 is 0 Å². The fraction of sp³-hybridized carbons (Fsp3) is 0.261. The lowest BCUT2D eigenvalue weighted by molar-refractivity contribution is 0.0722. The molecule has 5 nitrogen and oxygen atoms in total. The third kappa shape index (κ3) is 4.47. The van der Waals surface area contributed by atoms with Crippen LogP contribution in [0.4, 0.5) is 0 Å². The quantitative estimate of drug-likeness (QED) is 0.649. The van der Waals surface area contributed by atoms with E-state index in [2.05, 4.69) is 25.0 Å². The normalized spacial score (nSPS) is 10.7. The highest BCUT2D eigenvalue weighted by Crippen LogP contribution is 2.24. The molecule has 3 rings (SSSR count). The molecule has 0 spiro atoms. The summed E-state index contributed by atoms with van der Waals surface area (Å²) in [6, 6.07) is 17.2. The first-order chi connectivity index (χ1) is 13.5. The van der Waals surface area contributed by atoms with Crippen molar-refractivity contribution in [1.29, 1.82) is 5.26 Å². The topological polar surface area (TPSA) is 61.9 Å². The van der Waals surface area contributed by atoms with E-state index in [9.17, 15) is 10.1 Å². The van der Waals surface area contributed by atoms with Crippen molar-refractivity contribution in [1.82, 2.24) is 14.7 Å². The Morgan fingerprint density at radius 2 is 1.89 bits per heavy atom. The van der Waals surface area contributed by atoms with Crippen LogP contribution in [0.25, 0.3) is 11.1 Å². The molecule has 0 aliphatic carbocycles. The molecule has 0 saturated carbocycles. The standard InChI is InChI=1S/C23H24N4O/c1-17(2)14-27(16-18-13-25-26(3)15-18)23(28)20-10-8-19(9-11-20)22-7-5-4-6-21(22)12-24/h4-11,13,15,17H,14,16H2,1-3H3. The van der Waals surface area contributed by atoms with Crippen LogP contribution < -0.4 is 0 Å². The maximum absolute atomic E-state index is 13.1. The van der Waals surface area contributed by atoms with Gasteiger partial charge in [-0.1, -0.05) is 44.2 Å². The first-order valence-electron chi connectivity index (χ1n) is 9.34. The Hall–Kier alpha value is -3.39. The van der Waals surface area contributed by atoms with Gasteiger partial charge in [-0.25, -0.2) is 0 Å². The van der Waals surface area contributed by atoms with Gasteiger partial charge in [-0.05, 0) is 35.2 Å². The van der Waals surface area contributed by atoms with Gasteiger partial charge in [0.05, 0.1) is 17.8 Å². The molecule has 1 aromatic heterocycles. The summed E-state index contributed by atoms with van der Waals surface area (Å²) < 4.78 is 1.74. The molecular weight excluding hydrogens is 348 g/mol. The van der Waals surface area contributed by atoms with E-state index < -0.39 is 0 Å². The SMILES string of the molecule is CC(C)CN(Cc1cnn(C)c1)C(=O)c1ccc(-c2ccccc2C#N)cc1. The predicted molar refractivity (Wildman–Crippen MR) is 109 cm³/mol. The van der Waals surface area contributed by atoms with Gasteiger partial charge in [0, 0.05) is 37.5 Å². The van der Waals surface area contributed by atoms with E-state index in [4.69, 9.17) is 0 Å². The zero-order valence-electron chi connectivity index (χ0n) is 16.5. The number of hydrogen-bond acceptors (Lipinski definition) is 3. The molecule has 28 heavy (non-hydrogen) atoms. The molecule has 0 radical (unpaired) electrons. The summed E-state index contributed by atoms with van der Waals surface area (Å²) in [5.74, 6) is 0.361. The summed E-state index contributed by atoms with van der Waals surface area (Å²) in [7, 11) is 1.87. The lowest BCUT2D eigenvalue weighted by atomic mass is 9.99. The second kappa shape index (κ2) is 8.53. The molecule has 0 N–H and O–H groups in total. The van der Waals surface area contributed by atoms with Crippen LogP contribution in [0.5, 0.6) is 0 Å². The van der Waals surface area contributed by atoms with E-state index in [0.717, 1.165) is 16.7 Å². The summed E-state index contributed by atoms with van der Waals surface area (Å²) in [4.78, 5) is 15.0. The van der Waals surface area contributed by atoms with Crippen LogP contribution in [0.15, 0.2) is 60.9 Å². The molecule has 1 amide bonds. The molecule has 142 valence electrons. The average Bonchev–Trinajstić information content (AvgIpc) is 3.11. The summed E-state index contributed by atoms with van der Waals surface area (Å²) in [6.07, 6.45) is 3.73. The number of benzene rings is 2. The van der Waals surface area contributed by atoms with Gasteiger partial charge in [-0.15, -0.1) is 0 Å². The monoisotopic (exact) mass is 372 g/mol. The molecule has 3 aromatic rings. The second-order valence-corrected chi connectivity index (χ2v) is 7.34. The Morgan fingerprint density at radius 3 is 2.50 bits per heavy atom. The minimum atomic E-state index is -0.00216. The number of nitriles is 1. The highest BCUT2D eigenvalue weighted by Gasteiger charge is 2.18. The molecule has 0 atom stereocenters. The largest absolute Gasteiger partial charge is 0.334 e. The number of aromatic nitrogens is 2. The molecule has 0 aliphatic heterocycles. The third-order valence-corrected chi connectivity index (χ3v) is 4.49. The summed E-state index contributed by atoms with van der Waals surface area (Å²) in [5.41, 5.74) is 4.08. The zero-order chi connectivity index (χ0) is 20.1. The average molecular weight is 372 g/mol. The summed E-state index contributed by atoms with van der Waals surface area (Å²) >= 11 is 0. The minimum absolute atomic E-state index is 0.00216. The smallest absolute Gasteiger partial charge is 0.254 e. The lowest BCUT2D eigenvalue weighted by Crippen LogP contribution is -2.33. The third-order valence-electron chi connectivity index (χ3n) is 4.49. The highest BCUT2D eigenvalue weighted by molar-refractivity contribution is 5.94. The van der Waals surface area contributed by atoms with Crippen molar-refractivity contribution in [2.45, 2.75) is 20.4 Å². The van der Waals surface area contributed by atoms with E-state index in [-0.39, 0.29) is 5.91 Å². The Labute approximate surface area is 165 Å². The van der Waals surface area contributed by atoms with E-state index in [1.54, 1.807) is 16.9 Å². The van der Waals surface area contributed by atoms with E-state index in [1.165, 1.54) is 0 Å². The molecule has 0 fully saturated rings. The maximum atomic E-state index is 13.1. The first-order valence-corrected chi connectivity index (χ1v) is 9.34. The van der Waals surface area contributed by atoms with E-state index in [1.807, 2.05) is 60.6 Å². The Kier molecular flexibility index (Phi) is 5.90. The van der Waals surface area contributed by atoms with Crippen LogP contribution in [0, 0.1) is 17.2 Å². The van der Waals surface area contributed by atoms with Gasteiger partial charge in [0.2, 0.25) is 0 Å². The van der Waals surface area contributed by atoms with Gasteiger partial charge in [0.25, 0.3) is 5.91 Å². The van der Waals surface area contributed by atoms with Crippen molar-refractivity contribution in [2.75, 3.05) is 6.54 Å². The van der Waals surface area contributed by atoms with E-state index >= 15 is 0 Å². The molecule has 2 aromatic carbocycles. The number of carbonyl (C=O) groups is 1. The highest BCUT2D eigenvalue weighted by atomic mass is 16.2. The van der Waals surface area contributed by atoms with Crippen molar-refractivity contribution >= 4 is 5.91 Å². The number of nitrogens with zero attached hydrogens (tertiary/aromatic N) is 4. The maximum Gasteiger partial charge on any atom is 0.254 e. The first kappa shape index (κ1) is 19.4. The van der Waals surface area contributed by atoms with Gasteiger partial charge in [0.1, 0.15) is 0 Å². The molecule has 0 bridgehead atoms. The van der Waals surface area contributed by atoms with Crippen LogP contribution in [0.2, 0.25) is 0 Å². The predicted octanol–water partition coefficient (Wildman–Crippen LogP) is 4.26. The molecule has 5 heteroatoms. The van der Waals surface area contributed by atoms with E-state index in [0.29, 0.717) is 30.1 Å². The Balaban J connectivity index is 1.84. The van der Waals surface area contributed by atoms with Crippen LogP contribution in [-0.2, 0) is 13.6 Å². The molecular formula is C23H24N4O. The zero-order valence-corrected chi connectivity index (χ0v) is 16.5. The molecule has 0 unspecified atom stereocenters. The minimum Gasteiger partial charge on any atom is -0.334 e. The van der Waals surface area contributed by atoms with Gasteiger partial charge in [0.15, 0.2) is 0 Å². The van der Waals surface area contributed by atoms with Gasteiger partial charge in [-0.3, -0.25) is 9.48 Å². The second-order valence-electron chi connectivity index (χ2n) is 7.34. The number of aryl methyl sites for hydroxylation is 1. The van der Waals surface area contributed by atoms with Crippen LogP contribution in [0.1, 0.15) is 35.3 Å². The molecule has 1 heterocycles. The number of hydrogen-bond donors (Lipinski definition) is 0. The Morgan fingerprint density at radius 1 is 1.18 bits per heavy atom. The Bertz CT molecular complexity index is 996. The number of amides is 1. The molecule has 0 saturated heterocycles. The molecule has 0 aliphatic rings. The van der Waals surface area contributed by atoms with Crippen molar-refractivity contribution in [3.63, 3.8) is 0 Å². The fourth-order valence-electron chi connectivity index (χ4n) is 3.24. The van der Waals surface area contributed by atoms with Gasteiger partial charge < -0.3 is 4.90 Å². The lowest BCUT2D eigenvalue weighted by Gasteiger charge is -2.24. The van der Waals surface area contributed by atoms with Crippen LogP contribution in [0.3, 0.4) is 0 Å². The van der Waals surface area contributed by atoms with Crippen molar-refractivity contribution < 1.29 is 4.79 Å². The number of rotatable bonds is 6. The fourth-order valence-corrected chi connectivity index (χ4v) is 3.24. The van der Waals surface area contributed by atoms with Crippen molar-refractivity contribution in [2.24, 2.45) is 13.0 Å². The summed E-state index contributed by atoms with van der Waals surface area (Å²) in [5, 5.41) is 13.5. The summed E-state index contributed by atoms with van der Waals surface area (Å²) in [6.45, 7) is 5.41. The van der Waals surface area contributed by atoms with Crippen molar-refractivity contribution in [3.8, 4) is 17.2 Å². The van der Waals surface area contributed by atoms with Crippen molar-refractivity contribution in [3.05, 3.63) is 77.6 Å². The van der Waals surface area contributed by atoms with Crippen LogP contribution in [-0.4, -0.2) is 27.1 Å². The van der Waals surface area contributed by atoms with Gasteiger partial charge >= 0.3 is 0 Å².